The first-order valence-corrected chi connectivity index (χ1v) is 6.66. The quantitative estimate of drug-likeness (QED) is 0.845. The van der Waals surface area contributed by atoms with Gasteiger partial charge in [0.15, 0.2) is 0 Å². The predicted octanol–water partition coefficient (Wildman–Crippen LogP) is 1.14. The van der Waals surface area contributed by atoms with Gasteiger partial charge in [-0.2, -0.15) is 5.26 Å². The van der Waals surface area contributed by atoms with Crippen molar-refractivity contribution in [2.75, 3.05) is 19.6 Å². The van der Waals surface area contributed by atoms with Crippen molar-refractivity contribution in [3.63, 3.8) is 0 Å². The van der Waals surface area contributed by atoms with Gasteiger partial charge in [-0.05, 0) is 31.4 Å². The summed E-state index contributed by atoms with van der Waals surface area (Å²) in [5.41, 5.74) is 1.62. The van der Waals surface area contributed by atoms with Gasteiger partial charge in [0.2, 0.25) is 0 Å². The summed E-state index contributed by atoms with van der Waals surface area (Å²) >= 11 is 0. The molecule has 2 aliphatic rings. The monoisotopic (exact) mass is 242 g/mol. The second kappa shape index (κ2) is 5.05. The first-order valence-electron chi connectivity index (χ1n) is 6.66. The van der Waals surface area contributed by atoms with Crippen LogP contribution in [0.1, 0.15) is 24.1 Å². The largest absolute Gasteiger partial charge is 0.312 e. The third-order valence-electron chi connectivity index (χ3n) is 4.07. The highest BCUT2D eigenvalue weighted by Crippen LogP contribution is 2.26. The lowest BCUT2D eigenvalue weighted by Gasteiger charge is -2.24. The molecule has 0 saturated carbocycles. The summed E-state index contributed by atoms with van der Waals surface area (Å²) in [5, 5.41) is 12.7. The van der Waals surface area contributed by atoms with E-state index in [2.05, 4.69) is 21.3 Å². The lowest BCUT2D eigenvalue weighted by Crippen LogP contribution is -2.40. The summed E-state index contributed by atoms with van der Waals surface area (Å²) in [6, 6.07) is 6.76. The van der Waals surface area contributed by atoms with Gasteiger partial charge in [-0.1, -0.05) is 6.07 Å². The molecule has 3 rings (SSSR count). The Morgan fingerprint density at radius 1 is 1.50 bits per heavy atom. The number of hydrogen-bond donors (Lipinski definition) is 1. The Labute approximate surface area is 108 Å². The maximum Gasteiger partial charge on any atom is 0.144 e. The summed E-state index contributed by atoms with van der Waals surface area (Å²) in [5.74, 6) is 0.793. The molecule has 0 aliphatic carbocycles. The molecule has 2 saturated heterocycles. The second-order valence-corrected chi connectivity index (χ2v) is 5.28. The van der Waals surface area contributed by atoms with Crippen LogP contribution in [0, 0.1) is 17.2 Å². The van der Waals surface area contributed by atoms with Crippen LogP contribution in [0.25, 0.3) is 0 Å². The van der Waals surface area contributed by atoms with Gasteiger partial charge in [0.05, 0.1) is 0 Å². The predicted molar refractivity (Wildman–Crippen MR) is 68.7 cm³/mol. The molecule has 4 heteroatoms. The fraction of sp³-hybridized carbons (Fsp3) is 0.571. The van der Waals surface area contributed by atoms with Gasteiger partial charge >= 0.3 is 0 Å². The molecule has 2 fully saturated rings. The van der Waals surface area contributed by atoms with Gasteiger partial charge in [-0.15, -0.1) is 0 Å². The molecule has 2 atom stereocenters. The van der Waals surface area contributed by atoms with Crippen LogP contribution in [-0.4, -0.2) is 35.6 Å². The van der Waals surface area contributed by atoms with Crippen LogP contribution < -0.4 is 5.32 Å². The average Bonchev–Trinajstić information content (AvgIpc) is 2.81. The maximum atomic E-state index is 9.06. The lowest BCUT2D eigenvalue weighted by molar-refractivity contribution is 0.312. The normalized spacial score (nSPS) is 27.7. The molecular formula is C14H18N4. The fourth-order valence-electron chi connectivity index (χ4n) is 3.17. The van der Waals surface area contributed by atoms with E-state index < -0.39 is 0 Å². The van der Waals surface area contributed by atoms with Crippen molar-refractivity contribution in [2.45, 2.75) is 25.4 Å². The molecule has 0 aromatic carbocycles. The molecule has 3 heterocycles. The van der Waals surface area contributed by atoms with E-state index in [1.165, 1.54) is 12.8 Å². The zero-order valence-electron chi connectivity index (χ0n) is 10.5. The van der Waals surface area contributed by atoms with Crippen LogP contribution in [0.15, 0.2) is 18.3 Å². The fourth-order valence-corrected chi connectivity index (χ4v) is 3.17. The van der Waals surface area contributed by atoms with E-state index >= 15 is 0 Å². The Kier molecular flexibility index (Phi) is 3.26. The second-order valence-electron chi connectivity index (χ2n) is 5.28. The van der Waals surface area contributed by atoms with Gasteiger partial charge in [-0.25, -0.2) is 4.98 Å². The molecule has 0 radical (unpaired) electrons. The highest BCUT2D eigenvalue weighted by atomic mass is 15.2. The van der Waals surface area contributed by atoms with Crippen LogP contribution >= 0.6 is 0 Å². The van der Waals surface area contributed by atoms with Crippen LogP contribution in [0.3, 0.4) is 0 Å². The molecule has 94 valence electrons. The molecular weight excluding hydrogens is 224 g/mol. The SMILES string of the molecule is N#Cc1ncccc1CN1CC2CCCNC2C1. The number of fused-ring (bicyclic) bond motifs is 1. The van der Waals surface area contributed by atoms with E-state index in [0.717, 1.165) is 37.7 Å². The number of rotatable bonds is 2. The number of piperidine rings is 1. The summed E-state index contributed by atoms with van der Waals surface area (Å²) in [4.78, 5) is 6.58. The van der Waals surface area contributed by atoms with Crippen molar-refractivity contribution in [2.24, 2.45) is 5.92 Å². The molecule has 1 N–H and O–H groups in total. The average molecular weight is 242 g/mol. The van der Waals surface area contributed by atoms with E-state index in [0.29, 0.717) is 11.7 Å². The minimum Gasteiger partial charge on any atom is -0.312 e. The zero-order valence-corrected chi connectivity index (χ0v) is 10.5. The lowest BCUT2D eigenvalue weighted by atomic mass is 9.94. The number of nitrogens with zero attached hydrogens (tertiary/aromatic N) is 3. The minimum atomic E-state index is 0.570. The number of nitrogens with one attached hydrogen (secondary N) is 1. The number of hydrogen-bond acceptors (Lipinski definition) is 4. The standard InChI is InChI=1S/C14H18N4/c15-7-13-11(3-1-5-16-13)8-18-9-12-4-2-6-17-14(12)10-18/h1,3,5,12,14,17H,2,4,6,8-10H2. The number of nitriles is 1. The first kappa shape index (κ1) is 11.6. The molecule has 18 heavy (non-hydrogen) atoms. The molecule has 0 spiro atoms. The number of pyridine rings is 1. The third kappa shape index (κ3) is 2.24. The van der Waals surface area contributed by atoms with Gasteiger partial charge in [-0.3, -0.25) is 4.90 Å². The van der Waals surface area contributed by atoms with Gasteiger partial charge in [0.25, 0.3) is 0 Å². The number of likely N-dealkylation sites (tertiary alicyclic amines) is 1. The molecule has 0 amide bonds. The van der Waals surface area contributed by atoms with Crippen molar-refractivity contribution < 1.29 is 0 Å². The van der Waals surface area contributed by atoms with Gasteiger partial charge in [0.1, 0.15) is 11.8 Å². The van der Waals surface area contributed by atoms with Crippen molar-refractivity contribution in [1.82, 2.24) is 15.2 Å². The van der Waals surface area contributed by atoms with Gasteiger partial charge < -0.3 is 5.32 Å². The van der Waals surface area contributed by atoms with E-state index in [1.807, 2.05) is 12.1 Å². The smallest absolute Gasteiger partial charge is 0.144 e. The van der Waals surface area contributed by atoms with Crippen molar-refractivity contribution in [3.05, 3.63) is 29.6 Å². The summed E-state index contributed by atoms with van der Waals surface area (Å²) in [6.45, 7) is 4.26. The highest BCUT2D eigenvalue weighted by Gasteiger charge is 2.34. The highest BCUT2D eigenvalue weighted by molar-refractivity contribution is 5.30. The molecule has 1 aromatic rings. The molecule has 0 bridgehead atoms. The molecule has 1 aromatic heterocycles. The maximum absolute atomic E-state index is 9.06. The van der Waals surface area contributed by atoms with Crippen molar-refractivity contribution >= 4 is 0 Å². The van der Waals surface area contributed by atoms with E-state index in [9.17, 15) is 0 Å². The zero-order chi connectivity index (χ0) is 12.4. The summed E-state index contributed by atoms with van der Waals surface area (Å²) in [6.07, 6.45) is 4.32. The van der Waals surface area contributed by atoms with Crippen LogP contribution in [0.5, 0.6) is 0 Å². The summed E-state index contributed by atoms with van der Waals surface area (Å²) < 4.78 is 0. The van der Waals surface area contributed by atoms with E-state index in [1.54, 1.807) is 6.20 Å². The Morgan fingerprint density at radius 2 is 2.44 bits per heavy atom. The molecule has 2 unspecified atom stereocenters. The van der Waals surface area contributed by atoms with Crippen molar-refractivity contribution in [3.8, 4) is 6.07 Å². The van der Waals surface area contributed by atoms with E-state index in [4.69, 9.17) is 5.26 Å². The number of aromatic nitrogens is 1. The van der Waals surface area contributed by atoms with Crippen LogP contribution in [0.4, 0.5) is 0 Å². The molecule has 2 aliphatic heterocycles. The Balaban J connectivity index is 1.69. The van der Waals surface area contributed by atoms with Crippen molar-refractivity contribution in [1.29, 1.82) is 5.26 Å². The van der Waals surface area contributed by atoms with Crippen LogP contribution in [-0.2, 0) is 6.54 Å². The minimum absolute atomic E-state index is 0.570. The van der Waals surface area contributed by atoms with E-state index in [-0.39, 0.29) is 0 Å². The first-order chi connectivity index (χ1) is 8.86. The summed E-state index contributed by atoms with van der Waals surface area (Å²) in [7, 11) is 0. The Hall–Kier alpha value is -1.44. The van der Waals surface area contributed by atoms with Gasteiger partial charge in [0, 0.05) is 37.4 Å². The topological polar surface area (TPSA) is 52.0 Å². The molecule has 4 nitrogen and oxygen atoms in total. The Bertz CT molecular complexity index is 451. The Morgan fingerprint density at radius 3 is 3.28 bits per heavy atom. The third-order valence-corrected chi connectivity index (χ3v) is 4.07. The van der Waals surface area contributed by atoms with Crippen LogP contribution in [0.2, 0.25) is 0 Å².